The van der Waals surface area contributed by atoms with E-state index in [1.165, 1.54) is 0 Å². The van der Waals surface area contributed by atoms with Crippen molar-refractivity contribution in [1.29, 1.82) is 0 Å². The van der Waals surface area contributed by atoms with Crippen LogP contribution in [0.2, 0.25) is 0 Å². The highest BCUT2D eigenvalue weighted by atomic mass is 14.8. The van der Waals surface area contributed by atoms with Crippen molar-refractivity contribution in [3.63, 3.8) is 0 Å². The van der Waals surface area contributed by atoms with E-state index in [0.717, 1.165) is 5.71 Å². The van der Waals surface area contributed by atoms with E-state index < -0.39 is 0 Å². The fourth-order valence-corrected chi connectivity index (χ4v) is 0.948. The first kappa shape index (κ1) is 4.68. The lowest BCUT2D eigenvalue weighted by atomic mass is 10.1. The number of fused-ring (bicyclic) bond motifs is 1. The van der Waals surface area contributed by atoms with Crippen molar-refractivity contribution in [3.8, 4) is 0 Å². The fraction of sp³-hybridized carbons (Fsp3) is 0.143. The monoisotopic (exact) mass is 118 g/mol. The first-order valence-corrected chi connectivity index (χ1v) is 2.91. The van der Waals surface area contributed by atoms with Crippen LogP contribution in [0.15, 0.2) is 34.5 Å². The van der Waals surface area contributed by atoms with Gasteiger partial charge in [-0.25, -0.2) is 0 Å². The van der Waals surface area contributed by atoms with Crippen molar-refractivity contribution in [2.45, 2.75) is 0 Å². The van der Waals surface area contributed by atoms with Crippen LogP contribution in [-0.2, 0) is 0 Å². The van der Waals surface area contributed by atoms with E-state index in [4.69, 9.17) is 0 Å². The molecule has 2 heterocycles. The Morgan fingerprint density at radius 1 is 1.33 bits per heavy atom. The first-order chi connectivity index (χ1) is 4.47. The quantitative estimate of drug-likeness (QED) is 0.456. The molecule has 0 amide bonds. The van der Waals surface area contributed by atoms with Gasteiger partial charge in [0.05, 0.1) is 11.6 Å². The molecule has 0 aromatic heterocycles. The number of rotatable bonds is 0. The van der Waals surface area contributed by atoms with E-state index in [1.54, 1.807) is 6.20 Å². The molecule has 2 nitrogen and oxygen atoms in total. The second-order valence-corrected chi connectivity index (χ2v) is 2.04. The van der Waals surface area contributed by atoms with Crippen molar-refractivity contribution in [2.75, 3.05) is 0 Å². The molecule has 2 heteroatoms. The fourth-order valence-electron chi connectivity index (χ4n) is 0.948. The van der Waals surface area contributed by atoms with Crippen LogP contribution in [0.4, 0.5) is 0 Å². The van der Waals surface area contributed by atoms with E-state index in [-0.39, 0.29) is 0 Å². The van der Waals surface area contributed by atoms with Crippen LogP contribution < -0.4 is 0 Å². The van der Waals surface area contributed by atoms with Crippen LogP contribution in [0, 0.1) is 5.92 Å². The highest BCUT2D eigenvalue weighted by Gasteiger charge is 2.12. The van der Waals surface area contributed by atoms with E-state index in [1.807, 2.05) is 24.6 Å². The largest absolute Gasteiger partial charge is 0.268 e. The Balaban J connectivity index is 2.40. The normalized spacial score (nSPS) is 28.4. The predicted molar refractivity (Wildman–Crippen MR) is 37.7 cm³/mol. The molecule has 0 saturated carbocycles. The molecule has 0 aliphatic carbocycles. The van der Waals surface area contributed by atoms with Gasteiger partial charge in [0.25, 0.3) is 0 Å². The molecule has 0 unspecified atom stereocenters. The molecule has 2 aliphatic heterocycles. The van der Waals surface area contributed by atoms with E-state index >= 15 is 0 Å². The van der Waals surface area contributed by atoms with Crippen LogP contribution in [0.25, 0.3) is 0 Å². The summed E-state index contributed by atoms with van der Waals surface area (Å²) in [6, 6.07) is 0. The Morgan fingerprint density at radius 3 is 3.22 bits per heavy atom. The zero-order chi connectivity index (χ0) is 6.10. The smallest absolute Gasteiger partial charge is 0.0564 e. The lowest BCUT2D eigenvalue weighted by molar-refractivity contribution is 1.26. The third kappa shape index (κ3) is 0.633. The molecule has 0 aromatic carbocycles. The van der Waals surface area contributed by atoms with Crippen LogP contribution in [0.5, 0.6) is 0 Å². The molecule has 2 aliphatic rings. The van der Waals surface area contributed by atoms with Gasteiger partial charge in [-0.05, 0) is 6.08 Å². The van der Waals surface area contributed by atoms with E-state index in [2.05, 4.69) is 9.98 Å². The lowest BCUT2D eigenvalue weighted by Crippen LogP contribution is -2.09. The summed E-state index contributed by atoms with van der Waals surface area (Å²) in [7, 11) is 0. The molecule has 1 atom stereocenters. The number of hydrogen-bond donors (Lipinski definition) is 0. The summed E-state index contributed by atoms with van der Waals surface area (Å²) in [5.74, 6) is 0.356. The van der Waals surface area contributed by atoms with E-state index in [9.17, 15) is 0 Å². The van der Waals surface area contributed by atoms with Gasteiger partial charge in [-0.2, -0.15) is 0 Å². The summed E-state index contributed by atoms with van der Waals surface area (Å²) in [6.45, 7) is 0. The number of hydrogen-bond acceptors (Lipinski definition) is 2. The Kier molecular flexibility index (Phi) is 0.859. The maximum absolute atomic E-state index is 4.12. The summed E-state index contributed by atoms with van der Waals surface area (Å²) in [5, 5.41) is 0. The van der Waals surface area contributed by atoms with Crippen molar-refractivity contribution in [3.05, 3.63) is 24.6 Å². The molecule has 0 radical (unpaired) electrons. The molecule has 0 saturated heterocycles. The third-order valence-corrected chi connectivity index (χ3v) is 1.44. The molecule has 0 aromatic rings. The van der Waals surface area contributed by atoms with E-state index in [0.29, 0.717) is 5.92 Å². The standard InChI is InChI=1S/C7H6N2/c1-4-9-7-2-3-8-5-6(1)7/h1-6H/t6-/m0/s1. The Morgan fingerprint density at radius 2 is 2.33 bits per heavy atom. The number of nitrogens with zero attached hydrogens (tertiary/aromatic N) is 2. The average Bonchev–Trinajstić information content (AvgIpc) is 2.33. The van der Waals surface area contributed by atoms with Gasteiger partial charge >= 0.3 is 0 Å². The molecule has 44 valence electrons. The molecule has 0 bridgehead atoms. The van der Waals surface area contributed by atoms with Gasteiger partial charge in [0, 0.05) is 18.6 Å². The van der Waals surface area contributed by atoms with Crippen LogP contribution >= 0.6 is 0 Å². The van der Waals surface area contributed by atoms with Gasteiger partial charge in [0.2, 0.25) is 0 Å². The van der Waals surface area contributed by atoms with Crippen LogP contribution in [0.1, 0.15) is 0 Å². The minimum atomic E-state index is 0.356. The molecule has 0 N–H and O–H groups in total. The topological polar surface area (TPSA) is 24.7 Å². The zero-order valence-electron chi connectivity index (χ0n) is 4.86. The molecule has 0 fully saturated rings. The number of allylic oxidation sites excluding steroid dienone is 2. The highest BCUT2D eigenvalue weighted by Crippen LogP contribution is 2.11. The minimum Gasteiger partial charge on any atom is -0.268 e. The summed E-state index contributed by atoms with van der Waals surface area (Å²) >= 11 is 0. The predicted octanol–water partition coefficient (Wildman–Crippen LogP) is 1.17. The first-order valence-electron chi connectivity index (χ1n) is 2.91. The maximum atomic E-state index is 4.12. The van der Waals surface area contributed by atoms with Crippen LogP contribution in [-0.4, -0.2) is 11.9 Å². The second-order valence-electron chi connectivity index (χ2n) is 2.04. The molecule has 2 rings (SSSR count). The third-order valence-electron chi connectivity index (χ3n) is 1.44. The van der Waals surface area contributed by atoms with Gasteiger partial charge in [0.15, 0.2) is 0 Å². The van der Waals surface area contributed by atoms with Crippen molar-refractivity contribution in [1.82, 2.24) is 0 Å². The summed E-state index contributed by atoms with van der Waals surface area (Å²) in [6.07, 6.45) is 9.44. The maximum Gasteiger partial charge on any atom is 0.0564 e. The Bertz CT molecular complexity index is 233. The molecular formula is C7H6N2. The summed E-state index contributed by atoms with van der Waals surface area (Å²) < 4.78 is 0. The molecule has 0 spiro atoms. The summed E-state index contributed by atoms with van der Waals surface area (Å²) in [5.41, 5.74) is 1.10. The average molecular weight is 118 g/mol. The highest BCUT2D eigenvalue weighted by molar-refractivity contribution is 6.10. The van der Waals surface area contributed by atoms with Crippen molar-refractivity contribution in [2.24, 2.45) is 15.9 Å². The minimum absolute atomic E-state index is 0.356. The van der Waals surface area contributed by atoms with Gasteiger partial charge in [-0.3, -0.25) is 9.98 Å². The van der Waals surface area contributed by atoms with Gasteiger partial charge < -0.3 is 0 Å². The van der Waals surface area contributed by atoms with Crippen LogP contribution in [0.3, 0.4) is 0 Å². The summed E-state index contributed by atoms with van der Waals surface area (Å²) in [4.78, 5) is 8.10. The Labute approximate surface area is 53.3 Å². The van der Waals surface area contributed by atoms with Gasteiger partial charge in [0.1, 0.15) is 0 Å². The van der Waals surface area contributed by atoms with Gasteiger partial charge in [-0.15, -0.1) is 0 Å². The van der Waals surface area contributed by atoms with Gasteiger partial charge in [-0.1, -0.05) is 6.08 Å². The Hall–Kier alpha value is -1.18. The zero-order valence-corrected chi connectivity index (χ0v) is 4.86. The second kappa shape index (κ2) is 1.65. The number of aliphatic imine (C=N–C) groups is 2. The van der Waals surface area contributed by atoms with Crippen molar-refractivity contribution >= 4 is 11.9 Å². The van der Waals surface area contributed by atoms with Crippen molar-refractivity contribution < 1.29 is 0 Å². The lowest BCUT2D eigenvalue weighted by Gasteiger charge is -2.03. The molecular weight excluding hydrogens is 112 g/mol. The molecule has 9 heavy (non-hydrogen) atoms. The SMILES string of the molecule is C1=CC2=NC=C[C@H]2C=N1.